The third kappa shape index (κ3) is 5.25. The molecule has 1 atom stereocenters. The summed E-state index contributed by atoms with van der Waals surface area (Å²) < 4.78 is 5.17. The predicted molar refractivity (Wildman–Crippen MR) is 126 cm³/mol. The van der Waals surface area contributed by atoms with Gasteiger partial charge in [-0.25, -0.2) is 9.69 Å². The van der Waals surface area contributed by atoms with E-state index in [2.05, 4.69) is 49.4 Å². The first-order chi connectivity index (χ1) is 15.6. The molecule has 1 heterocycles. The van der Waals surface area contributed by atoms with Crippen molar-refractivity contribution in [3.05, 3.63) is 95.6 Å². The molecule has 0 aliphatic carbocycles. The third-order valence-corrected chi connectivity index (χ3v) is 6.03. The summed E-state index contributed by atoms with van der Waals surface area (Å²) >= 11 is 0. The first-order valence-electron chi connectivity index (χ1n) is 11.3. The highest BCUT2D eigenvalue weighted by molar-refractivity contribution is 5.93. The number of hydrogen-bond acceptors (Lipinski definition) is 3. The van der Waals surface area contributed by atoms with Crippen LogP contribution in [0.4, 0.5) is 4.79 Å². The molecule has 3 aromatic carbocycles. The maximum Gasteiger partial charge on any atom is 0.416 e. The smallest absolute Gasteiger partial charge is 0.416 e. The van der Waals surface area contributed by atoms with E-state index in [0.717, 1.165) is 24.8 Å². The Bertz CT molecular complexity index is 1060. The number of carbonyl (C=O) groups is 2. The number of carbonyl (C=O) groups excluding carboxylic acids is 2. The number of ether oxygens (including phenoxy) is 1. The molecular weight excluding hydrogens is 398 g/mol. The van der Waals surface area contributed by atoms with E-state index in [1.807, 2.05) is 36.4 Å². The van der Waals surface area contributed by atoms with Gasteiger partial charge in [-0.1, -0.05) is 78.9 Å². The zero-order valence-corrected chi connectivity index (χ0v) is 18.5. The Labute approximate surface area is 189 Å². The summed E-state index contributed by atoms with van der Waals surface area (Å²) in [5.74, 6) is -0.135. The van der Waals surface area contributed by atoms with E-state index < -0.39 is 6.09 Å². The molecule has 0 radical (unpaired) electrons. The minimum atomic E-state index is -0.511. The monoisotopic (exact) mass is 427 g/mol. The highest BCUT2D eigenvalue weighted by Crippen LogP contribution is 2.25. The van der Waals surface area contributed by atoms with Crippen LogP contribution in [-0.2, 0) is 22.4 Å². The van der Waals surface area contributed by atoms with Gasteiger partial charge >= 0.3 is 6.09 Å². The third-order valence-electron chi connectivity index (χ3n) is 6.03. The molecule has 1 aliphatic rings. The van der Waals surface area contributed by atoms with Gasteiger partial charge in [-0.05, 0) is 60.4 Å². The van der Waals surface area contributed by atoms with E-state index in [1.54, 1.807) is 0 Å². The van der Waals surface area contributed by atoms with Crippen LogP contribution in [0.3, 0.4) is 0 Å². The fourth-order valence-electron chi connectivity index (χ4n) is 4.35. The Balaban J connectivity index is 1.28. The molecule has 32 heavy (non-hydrogen) atoms. The second-order valence-corrected chi connectivity index (χ2v) is 8.41. The summed E-state index contributed by atoms with van der Waals surface area (Å²) in [6.45, 7) is 2.41. The molecule has 1 unspecified atom stereocenters. The minimum absolute atomic E-state index is 0.135. The molecule has 0 saturated carbocycles. The van der Waals surface area contributed by atoms with Gasteiger partial charge in [0, 0.05) is 6.42 Å². The van der Waals surface area contributed by atoms with E-state index in [4.69, 9.17) is 4.74 Å². The first kappa shape index (κ1) is 21.8. The molecule has 0 spiro atoms. The standard InChI is InChI=1S/C28H29NO3/c1-21-18-23(16-17-26(21)24-13-6-3-7-14-24)12-8-9-15-27(30)29-25(20-32-28(29)31)19-22-10-4-2-5-11-22/h2-7,10-11,13-14,16-18,25H,8-9,12,15,19-20H2,1H3. The number of rotatable bonds is 8. The van der Waals surface area contributed by atoms with Crippen LogP contribution >= 0.6 is 0 Å². The van der Waals surface area contributed by atoms with Crippen LogP contribution in [0.2, 0.25) is 0 Å². The minimum Gasteiger partial charge on any atom is -0.447 e. The lowest BCUT2D eigenvalue weighted by atomic mass is 9.96. The van der Waals surface area contributed by atoms with Crippen molar-refractivity contribution in [2.75, 3.05) is 6.61 Å². The fraction of sp³-hybridized carbons (Fsp3) is 0.286. The average Bonchev–Trinajstić information content (AvgIpc) is 3.18. The van der Waals surface area contributed by atoms with Crippen molar-refractivity contribution in [2.45, 2.75) is 45.1 Å². The van der Waals surface area contributed by atoms with Crippen molar-refractivity contribution in [1.29, 1.82) is 0 Å². The van der Waals surface area contributed by atoms with E-state index in [-0.39, 0.29) is 18.6 Å². The van der Waals surface area contributed by atoms with Crippen LogP contribution in [0, 0.1) is 6.92 Å². The molecule has 3 aromatic rings. The second kappa shape index (κ2) is 10.3. The number of hydrogen-bond donors (Lipinski definition) is 0. The number of aryl methyl sites for hydroxylation is 2. The van der Waals surface area contributed by atoms with Crippen LogP contribution in [0.15, 0.2) is 78.9 Å². The molecule has 4 rings (SSSR count). The van der Waals surface area contributed by atoms with Gasteiger partial charge in [-0.2, -0.15) is 0 Å². The largest absolute Gasteiger partial charge is 0.447 e. The number of cyclic esters (lactones) is 1. The van der Waals surface area contributed by atoms with Gasteiger partial charge in [0.2, 0.25) is 5.91 Å². The van der Waals surface area contributed by atoms with Gasteiger partial charge < -0.3 is 4.74 Å². The van der Waals surface area contributed by atoms with Gasteiger partial charge in [0.05, 0.1) is 6.04 Å². The molecule has 1 aliphatic heterocycles. The molecule has 4 nitrogen and oxygen atoms in total. The van der Waals surface area contributed by atoms with Crippen molar-refractivity contribution in [1.82, 2.24) is 4.90 Å². The van der Waals surface area contributed by atoms with Crippen molar-refractivity contribution < 1.29 is 14.3 Å². The normalized spacial score (nSPS) is 15.6. The summed E-state index contributed by atoms with van der Waals surface area (Å²) in [4.78, 5) is 26.2. The summed E-state index contributed by atoms with van der Waals surface area (Å²) in [5.41, 5.74) is 6.11. The molecule has 1 fully saturated rings. The maximum absolute atomic E-state index is 12.7. The quantitative estimate of drug-likeness (QED) is 0.416. The lowest BCUT2D eigenvalue weighted by molar-refractivity contribution is -0.129. The first-order valence-corrected chi connectivity index (χ1v) is 11.3. The summed E-state index contributed by atoms with van der Waals surface area (Å²) in [7, 11) is 0. The Kier molecular flexibility index (Phi) is 7.00. The van der Waals surface area contributed by atoms with Crippen LogP contribution in [0.5, 0.6) is 0 Å². The molecule has 0 aromatic heterocycles. The SMILES string of the molecule is Cc1cc(CCCCC(=O)N2C(=O)OCC2Cc2ccccc2)ccc1-c1ccccc1. The predicted octanol–water partition coefficient (Wildman–Crippen LogP) is 5.96. The molecule has 1 saturated heterocycles. The van der Waals surface area contributed by atoms with Crippen molar-refractivity contribution in [3.8, 4) is 11.1 Å². The van der Waals surface area contributed by atoms with E-state index in [9.17, 15) is 9.59 Å². The zero-order valence-electron chi connectivity index (χ0n) is 18.5. The van der Waals surface area contributed by atoms with E-state index in [1.165, 1.54) is 27.2 Å². The Morgan fingerprint density at radius 2 is 1.66 bits per heavy atom. The van der Waals surface area contributed by atoms with Gasteiger partial charge in [0.1, 0.15) is 6.61 Å². The molecule has 164 valence electrons. The van der Waals surface area contributed by atoms with Crippen LogP contribution < -0.4 is 0 Å². The van der Waals surface area contributed by atoms with E-state index in [0.29, 0.717) is 12.8 Å². The average molecular weight is 428 g/mol. The lowest BCUT2D eigenvalue weighted by Crippen LogP contribution is -2.40. The molecule has 4 heteroatoms. The lowest BCUT2D eigenvalue weighted by Gasteiger charge is -2.19. The maximum atomic E-state index is 12.7. The Morgan fingerprint density at radius 1 is 0.938 bits per heavy atom. The summed E-state index contributed by atoms with van der Waals surface area (Å²) in [6.07, 6.45) is 3.05. The van der Waals surface area contributed by atoms with Crippen molar-refractivity contribution in [3.63, 3.8) is 0 Å². The number of amides is 2. The van der Waals surface area contributed by atoms with Crippen LogP contribution in [0.1, 0.15) is 36.0 Å². The molecule has 0 N–H and O–H groups in total. The van der Waals surface area contributed by atoms with Crippen molar-refractivity contribution >= 4 is 12.0 Å². The highest BCUT2D eigenvalue weighted by Gasteiger charge is 2.37. The van der Waals surface area contributed by atoms with Crippen LogP contribution in [-0.4, -0.2) is 29.5 Å². The molecular formula is C28H29NO3. The highest BCUT2D eigenvalue weighted by atomic mass is 16.6. The molecule has 2 amide bonds. The van der Waals surface area contributed by atoms with Gasteiger partial charge in [-0.3, -0.25) is 4.79 Å². The number of nitrogens with zero attached hydrogens (tertiary/aromatic N) is 1. The van der Waals surface area contributed by atoms with Crippen LogP contribution in [0.25, 0.3) is 11.1 Å². The summed E-state index contributed by atoms with van der Waals surface area (Å²) in [6, 6.07) is 26.7. The topological polar surface area (TPSA) is 46.6 Å². The molecule has 0 bridgehead atoms. The Morgan fingerprint density at radius 3 is 2.38 bits per heavy atom. The Hall–Kier alpha value is -3.40. The zero-order chi connectivity index (χ0) is 22.3. The fourth-order valence-corrected chi connectivity index (χ4v) is 4.35. The van der Waals surface area contributed by atoms with Gasteiger partial charge in [0.25, 0.3) is 0 Å². The number of benzene rings is 3. The van der Waals surface area contributed by atoms with E-state index >= 15 is 0 Å². The van der Waals surface area contributed by atoms with Gasteiger partial charge in [0.15, 0.2) is 0 Å². The van der Waals surface area contributed by atoms with Gasteiger partial charge in [-0.15, -0.1) is 0 Å². The summed E-state index contributed by atoms with van der Waals surface area (Å²) in [5, 5.41) is 0. The second-order valence-electron chi connectivity index (χ2n) is 8.41. The number of unbranched alkanes of at least 4 members (excludes halogenated alkanes) is 1. The van der Waals surface area contributed by atoms with Crippen molar-refractivity contribution in [2.24, 2.45) is 0 Å². The number of imide groups is 1.